The number of likely N-dealkylation sites (tertiary alicyclic amines) is 1. The summed E-state index contributed by atoms with van der Waals surface area (Å²) in [6, 6.07) is 0. The number of nitrogens with zero attached hydrogens (tertiary/aromatic N) is 1. The molecule has 0 spiro atoms. The van der Waals surface area contributed by atoms with E-state index in [0.29, 0.717) is 0 Å². The number of aliphatic hydroxyl groups is 1. The summed E-state index contributed by atoms with van der Waals surface area (Å²) in [5, 5.41) is 9.14. The van der Waals surface area contributed by atoms with E-state index in [9.17, 15) is 17.6 Å². The second kappa shape index (κ2) is 3.42. The molecule has 0 aromatic heterocycles. The largest absolute Gasteiger partial charge is 0.418 e. The maximum atomic E-state index is 12.2. The molecule has 1 heterocycles. The van der Waals surface area contributed by atoms with Gasteiger partial charge >= 0.3 is 6.18 Å². The van der Waals surface area contributed by atoms with Gasteiger partial charge in [0.15, 0.2) is 5.60 Å². The summed E-state index contributed by atoms with van der Waals surface area (Å²) in [5.74, 6) is 0. The molecule has 0 aromatic carbocycles. The Kier molecular flexibility index (Phi) is 2.82. The van der Waals surface area contributed by atoms with E-state index < -0.39 is 25.0 Å². The Bertz CT molecular complexity index is 184. The van der Waals surface area contributed by atoms with E-state index in [0.717, 1.165) is 0 Å². The lowest BCUT2D eigenvalue weighted by atomic mass is 10.0. The van der Waals surface area contributed by atoms with E-state index in [-0.39, 0.29) is 19.5 Å². The van der Waals surface area contributed by atoms with E-state index in [1.165, 1.54) is 4.90 Å². The molecule has 0 saturated carbocycles. The predicted octanol–water partition coefficient (Wildman–Crippen LogP) is 0.955. The fourth-order valence-electron chi connectivity index (χ4n) is 1.41. The third-order valence-electron chi connectivity index (χ3n) is 2.26. The highest BCUT2D eigenvalue weighted by Gasteiger charge is 2.56. The number of halogens is 4. The molecule has 0 radical (unpaired) electrons. The van der Waals surface area contributed by atoms with Gasteiger partial charge in [0.1, 0.15) is 6.67 Å². The third-order valence-corrected chi connectivity index (χ3v) is 2.26. The van der Waals surface area contributed by atoms with E-state index in [4.69, 9.17) is 5.11 Å². The zero-order valence-electron chi connectivity index (χ0n) is 6.94. The summed E-state index contributed by atoms with van der Waals surface area (Å²) in [6.07, 6.45) is -4.98. The summed E-state index contributed by atoms with van der Waals surface area (Å²) in [7, 11) is 0. The molecule has 0 bridgehead atoms. The van der Waals surface area contributed by atoms with E-state index in [1.54, 1.807) is 0 Å². The van der Waals surface area contributed by atoms with Gasteiger partial charge in [-0.15, -0.1) is 0 Å². The maximum absolute atomic E-state index is 12.2. The van der Waals surface area contributed by atoms with Crippen molar-refractivity contribution in [1.82, 2.24) is 4.90 Å². The van der Waals surface area contributed by atoms with Crippen molar-refractivity contribution in [3.63, 3.8) is 0 Å². The van der Waals surface area contributed by atoms with Gasteiger partial charge in [0.2, 0.25) is 0 Å². The van der Waals surface area contributed by atoms with Crippen molar-refractivity contribution in [2.75, 3.05) is 26.3 Å². The van der Waals surface area contributed by atoms with Crippen LogP contribution in [0.15, 0.2) is 0 Å². The van der Waals surface area contributed by atoms with Crippen LogP contribution in [0.2, 0.25) is 0 Å². The van der Waals surface area contributed by atoms with Crippen LogP contribution in [0.5, 0.6) is 0 Å². The molecule has 6 heteroatoms. The maximum Gasteiger partial charge on any atom is 0.418 e. The Balaban J connectivity index is 2.56. The lowest BCUT2D eigenvalue weighted by molar-refractivity contribution is -0.253. The van der Waals surface area contributed by atoms with Gasteiger partial charge in [-0.05, 0) is 6.42 Å². The average molecular weight is 201 g/mol. The minimum absolute atomic E-state index is 0.0433. The minimum atomic E-state index is -4.61. The van der Waals surface area contributed by atoms with Gasteiger partial charge in [-0.2, -0.15) is 13.2 Å². The second-order valence-electron chi connectivity index (χ2n) is 3.24. The smallest absolute Gasteiger partial charge is 0.379 e. The first-order valence-corrected chi connectivity index (χ1v) is 3.96. The molecule has 1 N–H and O–H groups in total. The molecule has 1 aliphatic rings. The van der Waals surface area contributed by atoms with Crippen LogP contribution in [0.1, 0.15) is 6.42 Å². The van der Waals surface area contributed by atoms with Crippen molar-refractivity contribution in [1.29, 1.82) is 0 Å². The molecule has 1 fully saturated rings. The molecule has 1 saturated heterocycles. The molecule has 0 aromatic rings. The molecule has 1 unspecified atom stereocenters. The first-order chi connectivity index (χ1) is 5.89. The molecule has 0 aliphatic carbocycles. The number of hydrogen-bond acceptors (Lipinski definition) is 2. The fraction of sp³-hybridized carbons (Fsp3) is 1.00. The van der Waals surface area contributed by atoms with Crippen molar-refractivity contribution < 1.29 is 22.7 Å². The molecule has 1 atom stereocenters. The van der Waals surface area contributed by atoms with Crippen molar-refractivity contribution >= 4 is 0 Å². The molecular weight excluding hydrogens is 190 g/mol. The SMILES string of the molecule is OC1(C(F)(F)F)CCN(CCF)C1. The lowest BCUT2D eigenvalue weighted by Crippen LogP contribution is -2.47. The Hall–Kier alpha value is -0.360. The molecule has 13 heavy (non-hydrogen) atoms. The summed E-state index contributed by atoms with van der Waals surface area (Å²) < 4.78 is 48.4. The molecule has 2 nitrogen and oxygen atoms in total. The molecular formula is C7H11F4NO. The van der Waals surface area contributed by atoms with Gasteiger partial charge in [-0.1, -0.05) is 0 Å². The van der Waals surface area contributed by atoms with Gasteiger partial charge in [-0.25, -0.2) is 4.39 Å². The van der Waals surface area contributed by atoms with E-state index >= 15 is 0 Å². The summed E-state index contributed by atoms with van der Waals surface area (Å²) in [5.41, 5.74) is -2.64. The average Bonchev–Trinajstić information content (AvgIpc) is 2.32. The van der Waals surface area contributed by atoms with Crippen molar-refractivity contribution in [2.45, 2.75) is 18.2 Å². The molecule has 1 rings (SSSR count). The van der Waals surface area contributed by atoms with Gasteiger partial charge < -0.3 is 5.11 Å². The number of rotatable bonds is 2. The van der Waals surface area contributed by atoms with Crippen LogP contribution >= 0.6 is 0 Å². The van der Waals surface area contributed by atoms with Crippen molar-refractivity contribution in [3.05, 3.63) is 0 Å². The van der Waals surface area contributed by atoms with Crippen LogP contribution in [0, 0.1) is 0 Å². The highest BCUT2D eigenvalue weighted by atomic mass is 19.4. The normalized spacial score (nSPS) is 31.2. The highest BCUT2D eigenvalue weighted by Crippen LogP contribution is 2.37. The Morgan fingerprint density at radius 3 is 2.38 bits per heavy atom. The summed E-state index contributed by atoms with van der Waals surface area (Å²) in [4.78, 5) is 1.27. The van der Waals surface area contributed by atoms with Crippen LogP contribution in [-0.4, -0.2) is 48.1 Å². The summed E-state index contributed by atoms with van der Waals surface area (Å²) >= 11 is 0. The van der Waals surface area contributed by atoms with Crippen LogP contribution in [0.3, 0.4) is 0 Å². The standard InChI is InChI=1S/C7H11F4NO/c8-2-4-12-3-1-6(13,5-12)7(9,10)11/h13H,1-5H2. The second-order valence-corrected chi connectivity index (χ2v) is 3.24. The number of hydrogen-bond donors (Lipinski definition) is 1. The Morgan fingerprint density at radius 1 is 1.38 bits per heavy atom. The zero-order valence-corrected chi connectivity index (χ0v) is 6.94. The van der Waals surface area contributed by atoms with Crippen LogP contribution < -0.4 is 0 Å². The third kappa shape index (κ3) is 2.11. The van der Waals surface area contributed by atoms with Crippen LogP contribution in [-0.2, 0) is 0 Å². The van der Waals surface area contributed by atoms with E-state index in [2.05, 4.69) is 0 Å². The number of alkyl halides is 4. The van der Waals surface area contributed by atoms with Crippen molar-refractivity contribution in [3.8, 4) is 0 Å². The first kappa shape index (κ1) is 10.7. The Labute approximate surface area is 73.1 Å². The predicted molar refractivity (Wildman–Crippen MR) is 38.0 cm³/mol. The van der Waals surface area contributed by atoms with E-state index in [1.807, 2.05) is 0 Å². The number of β-amino-alcohol motifs (C(OH)–C–C–N with tert-alkyl or cyclic N) is 1. The minimum Gasteiger partial charge on any atom is -0.379 e. The molecule has 78 valence electrons. The Morgan fingerprint density at radius 2 is 2.00 bits per heavy atom. The highest BCUT2D eigenvalue weighted by molar-refractivity contribution is 4.95. The van der Waals surface area contributed by atoms with Crippen LogP contribution in [0.25, 0.3) is 0 Å². The lowest BCUT2D eigenvalue weighted by Gasteiger charge is -2.25. The topological polar surface area (TPSA) is 23.5 Å². The van der Waals surface area contributed by atoms with Gasteiger partial charge in [0, 0.05) is 19.6 Å². The van der Waals surface area contributed by atoms with Crippen molar-refractivity contribution in [2.24, 2.45) is 0 Å². The van der Waals surface area contributed by atoms with Gasteiger partial charge in [0.25, 0.3) is 0 Å². The van der Waals surface area contributed by atoms with Gasteiger partial charge in [-0.3, -0.25) is 4.90 Å². The quantitative estimate of drug-likeness (QED) is 0.672. The zero-order chi connectivity index (χ0) is 10.1. The summed E-state index contributed by atoms with van der Waals surface area (Å²) in [6.45, 7) is -1.15. The van der Waals surface area contributed by atoms with Gasteiger partial charge in [0.05, 0.1) is 0 Å². The molecule has 0 amide bonds. The first-order valence-electron chi connectivity index (χ1n) is 3.96. The van der Waals surface area contributed by atoms with Crippen LogP contribution in [0.4, 0.5) is 17.6 Å². The monoisotopic (exact) mass is 201 g/mol. The molecule has 1 aliphatic heterocycles. The fourth-order valence-corrected chi connectivity index (χ4v) is 1.41.